The number of halogens is 2. The SMILES string of the molecule is CC(C)(C)OC(=O)N1C[C@H](COC2CCCCC2)OC[C@@H]1[C@@H](O)[C@@H](N)Cc1cc(F)cc(F)c1. The number of aliphatic hydroxyl groups is 1. The van der Waals surface area contributed by atoms with Crippen LogP contribution in [0, 0.1) is 11.6 Å². The van der Waals surface area contributed by atoms with Crippen LogP contribution in [0.3, 0.4) is 0 Å². The van der Waals surface area contributed by atoms with Crippen LogP contribution in [0.25, 0.3) is 0 Å². The fourth-order valence-corrected chi connectivity index (χ4v) is 4.53. The zero-order chi connectivity index (χ0) is 24.9. The van der Waals surface area contributed by atoms with Crippen LogP contribution < -0.4 is 5.73 Å². The molecule has 0 unspecified atom stereocenters. The predicted octanol–water partition coefficient (Wildman–Crippen LogP) is 3.55. The summed E-state index contributed by atoms with van der Waals surface area (Å²) in [6.45, 7) is 5.89. The second-order valence-electron chi connectivity index (χ2n) is 10.4. The summed E-state index contributed by atoms with van der Waals surface area (Å²) in [7, 11) is 0. The molecule has 3 rings (SSSR count). The Hall–Kier alpha value is -1.81. The van der Waals surface area contributed by atoms with Crippen molar-refractivity contribution in [2.24, 2.45) is 5.73 Å². The van der Waals surface area contributed by atoms with Gasteiger partial charge in [-0.15, -0.1) is 0 Å². The minimum atomic E-state index is -1.20. The number of aliphatic hydroxyl groups excluding tert-OH is 1. The van der Waals surface area contributed by atoms with Crippen LogP contribution in [0.2, 0.25) is 0 Å². The van der Waals surface area contributed by atoms with E-state index in [2.05, 4.69) is 0 Å². The molecule has 1 amide bonds. The second kappa shape index (κ2) is 11.7. The van der Waals surface area contributed by atoms with Gasteiger partial charge < -0.3 is 25.1 Å². The highest BCUT2D eigenvalue weighted by Crippen LogP contribution is 2.24. The van der Waals surface area contributed by atoms with Crippen molar-refractivity contribution < 1.29 is 32.9 Å². The van der Waals surface area contributed by atoms with Gasteiger partial charge in [0.05, 0.1) is 44.1 Å². The first-order valence-corrected chi connectivity index (χ1v) is 12.1. The summed E-state index contributed by atoms with van der Waals surface area (Å²) < 4.78 is 44.7. The summed E-state index contributed by atoms with van der Waals surface area (Å²) in [5.41, 5.74) is 5.81. The lowest BCUT2D eigenvalue weighted by Crippen LogP contribution is -2.62. The van der Waals surface area contributed by atoms with E-state index in [1.54, 1.807) is 20.8 Å². The summed E-state index contributed by atoms with van der Waals surface area (Å²) >= 11 is 0. The van der Waals surface area contributed by atoms with Crippen molar-refractivity contribution in [3.8, 4) is 0 Å². The van der Waals surface area contributed by atoms with E-state index in [-0.39, 0.29) is 31.8 Å². The summed E-state index contributed by atoms with van der Waals surface area (Å²) in [6, 6.07) is 1.48. The molecule has 0 bridgehead atoms. The average molecular weight is 485 g/mol. The van der Waals surface area contributed by atoms with Gasteiger partial charge in [0.1, 0.15) is 17.2 Å². The van der Waals surface area contributed by atoms with E-state index in [1.807, 2.05) is 0 Å². The molecule has 0 spiro atoms. The van der Waals surface area contributed by atoms with Crippen LogP contribution >= 0.6 is 0 Å². The number of morpholine rings is 1. The Labute approximate surface area is 200 Å². The Morgan fingerprint density at radius 1 is 1.21 bits per heavy atom. The third kappa shape index (κ3) is 7.86. The summed E-state index contributed by atoms with van der Waals surface area (Å²) in [5, 5.41) is 11.0. The van der Waals surface area contributed by atoms with Gasteiger partial charge in [0.25, 0.3) is 0 Å². The van der Waals surface area contributed by atoms with Gasteiger partial charge in [-0.05, 0) is 57.7 Å². The van der Waals surface area contributed by atoms with E-state index >= 15 is 0 Å². The molecule has 7 nitrogen and oxygen atoms in total. The lowest BCUT2D eigenvalue weighted by atomic mass is 9.95. The molecule has 2 fully saturated rings. The molecule has 1 saturated carbocycles. The molecular weight excluding hydrogens is 446 g/mol. The molecule has 34 heavy (non-hydrogen) atoms. The molecule has 1 aliphatic heterocycles. The molecule has 3 N–H and O–H groups in total. The smallest absolute Gasteiger partial charge is 0.410 e. The Morgan fingerprint density at radius 3 is 2.47 bits per heavy atom. The number of nitrogens with zero attached hydrogens (tertiary/aromatic N) is 1. The van der Waals surface area contributed by atoms with Gasteiger partial charge >= 0.3 is 6.09 Å². The number of rotatable bonds is 7. The van der Waals surface area contributed by atoms with E-state index in [4.69, 9.17) is 19.9 Å². The Balaban J connectivity index is 1.67. The third-order valence-electron chi connectivity index (χ3n) is 6.23. The quantitative estimate of drug-likeness (QED) is 0.615. The van der Waals surface area contributed by atoms with E-state index < -0.39 is 41.5 Å². The van der Waals surface area contributed by atoms with E-state index in [0.717, 1.165) is 31.7 Å². The highest BCUT2D eigenvalue weighted by atomic mass is 19.1. The van der Waals surface area contributed by atoms with Crippen molar-refractivity contribution in [2.45, 2.75) is 95.3 Å². The Kier molecular flexibility index (Phi) is 9.26. The fraction of sp³-hybridized carbons (Fsp3) is 0.720. The van der Waals surface area contributed by atoms with Gasteiger partial charge in [-0.1, -0.05) is 19.3 Å². The first-order chi connectivity index (χ1) is 16.0. The van der Waals surface area contributed by atoms with Crippen LogP contribution in [-0.2, 0) is 20.6 Å². The minimum Gasteiger partial charge on any atom is -0.444 e. The van der Waals surface area contributed by atoms with Gasteiger partial charge in [-0.25, -0.2) is 13.6 Å². The first-order valence-electron chi connectivity index (χ1n) is 12.1. The number of carbonyl (C=O) groups excluding carboxylic acids is 1. The summed E-state index contributed by atoms with van der Waals surface area (Å²) in [6.07, 6.45) is 3.70. The number of nitrogens with two attached hydrogens (primary N) is 1. The van der Waals surface area contributed by atoms with Crippen LogP contribution in [0.5, 0.6) is 0 Å². The number of carbonyl (C=O) groups is 1. The molecule has 1 saturated heterocycles. The zero-order valence-corrected chi connectivity index (χ0v) is 20.3. The first kappa shape index (κ1) is 26.8. The largest absolute Gasteiger partial charge is 0.444 e. The molecule has 4 atom stereocenters. The van der Waals surface area contributed by atoms with Crippen molar-refractivity contribution in [3.05, 3.63) is 35.4 Å². The van der Waals surface area contributed by atoms with E-state index in [9.17, 15) is 18.7 Å². The van der Waals surface area contributed by atoms with Crippen molar-refractivity contribution in [1.82, 2.24) is 4.90 Å². The van der Waals surface area contributed by atoms with Crippen molar-refractivity contribution in [3.63, 3.8) is 0 Å². The molecule has 192 valence electrons. The molecule has 9 heteroatoms. The van der Waals surface area contributed by atoms with Gasteiger partial charge in [-0.2, -0.15) is 0 Å². The third-order valence-corrected chi connectivity index (χ3v) is 6.23. The monoisotopic (exact) mass is 484 g/mol. The van der Waals surface area contributed by atoms with Gasteiger partial charge in [0.15, 0.2) is 0 Å². The molecule has 1 aromatic carbocycles. The normalized spacial score (nSPS) is 24.0. The number of ether oxygens (including phenoxy) is 3. The highest BCUT2D eigenvalue weighted by Gasteiger charge is 2.40. The molecule has 0 radical (unpaired) electrons. The van der Waals surface area contributed by atoms with E-state index in [1.165, 1.54) is 23.5 Å². The summed E-state index contributed by atoms with van der Waals surface area (Å²) in [4.78, 5) is 14.5. The molecule has 1 aromatic rings. The predicted molar refractivity (Wildman–Crippen MR) is 123 cm³/mol. The minimum absolute atomic E-state index is 0.0305. The van der Waals surface area contributed by atoms with Crippen LogP contribution in [0.4, 0.5) is 13.6 Å². The number of benzene rings is 1. The second-order valence-corrected chi connectivity index (χ2v) is 10.4. The highest BCUT2D eigenvalue weighted by molar-refractivity contribution is 5.69. The maximum Gasteiger partial charge on any atom is 0.410 e. The fourth-order valence-electron chi connectivity index (χ4n) is 4.53. The molecule has 1 aliphatic carbocycles. The average Bonchev–Trinajstić information content (AvgIpc) is 2.76. The lowest BCUT2D eigenvalue weighted by molar-refractivity contribution is -0.129. The zero-order valence-electron chi connectivity index (χ0n) is 20.3. The number of amides is 1. The summed E-state index contributed by atoms with van der Waals surface area (Å²) in [5.74, 6) is -1.43. The van der Waals surface area contributed by atoms with Crippen LogP contribution in [0.1, 0.15) is 58.4 Å². The van der Waals surface area contributed by atoms with Gasteiger partial charge in [-0.3, -0.25) is 4.90 Å². The maximum atomic E-state index is 13.6. The van der Waals surface area contributed by atoms with Crippen molar-refractivity contribution >= 4 is 6.09 Å². The molecule has 0 aromatic heterocycles. The van der Waals surface area contributed by atoms with Gasteiger partial charge in [0.2, 0.25) is 0 Å². The van der Waals surface area contributed by atoms with Gasteiger partial charge in [0, 0.05) is 12.1 Å². The lowest BCUT2D eigenvalue weighted by Gasteiger charge is -2.43. The Bertz CT molecular complexity index is 793. The molecule has 1 heterocycles. The standard InChI is InChI=1S/C25H38F2N2O5/c1-25(2,3)34-24(31)29-13-20(14-32-19-7-5-4-6-8-19)33-15-22(29)23(30)21(28)11-16-9-17(26)12-18(27)10-16/h9-10,12,19-23,30H,4-8,11,13-15,28H2,1-3H3/t20-,21+,22-,23+/m1/s1. The van der Waals surface area contributed by atoms with Crippen LogP contribution in [-0.4, -0.2) is 71.9 Å². The van der Waals surface area contributed by atoms with Crippen molar-refractivity contribution in [2.75, 3.05) is 19.8 Å². The number of hydrogen-bond acceptors (Lipinski definition) is 6. The number of hydrogen-bond donors (Lipinski definition) is 2. The maximum absolute atomic E-state index is 13.6. The van der Waals surface area contributed by atoms with Crippen LogP contribution in [0.15, 0.2) is 18.2 Å². The topological polar surface area (TPSA) is 94.2 Å². The Morgan fingerprint density at radius 2 is 1.85 bits per heavy atom. The van der Waals surface area contributed by atoms with Crippen molar-refractivity contribution in [1.29, 1.82) is 0 Å². The molecule has 2 aliphatic rings. The molecular formula is C25H38F2N2O5. The van der Waals surface area contributed by atoms with E-state index in [0.29, 0.717) is 12.2 Å².